The van der Waals surface area contributed by atoms with Crippen LogP contribution < -0.4 is 10.1 Å². The number of amides is 1. The quantitative estimate of drug-likeness (QED) is 0.734. The van der Waals surface area contributed by atoms with Gasteiger partial charge in [-0.1, -0.05) is 30.3 Å². The van der Waals surface area contributed by atoms with E-state index in [1.807, 2.05) is 12.1 Å². The summed E-state index contributed by atoms with van der Waals surface area (Å²) in [5.74, 6) is 0.498. The third kappa shape index (κ3) is 5.59. The van der Waals surface area contributed by atoms with Crippen molar-refractivity contribution in [3.63, 3.8) is 0 Å². The van der Waals surface area contributed by atoms with Gasteiger partial charge in [0.2, 0.25) is 0 Å². The molecule has 2 aliphatic heterocycles. The Kier molecular flexibility index (Phi) is 7.00. The molecule has 4 rings (SSSR count). The van der Waals surface area contributed by atoms with Gasteiger partial charge in [-0.05, 0) is 35.7 Å². The Hall–Kier alpha value is -2.41. The zero-order valence-electron chi connectivity index (χ0n) is 17.3. The van der Waals surface area contributed by atoms with Crippen molar-refractivity contribution in [2.24, 2.45) is 0 Å². The van der Waals surface area contributed by atoms with Crippen molar-refractivity contribution in [2.75, 3.05) is 32.8 Å². The minimum Gasteiger partial charge on any atom is -0.490 e. The summed E-state index contributed by atoms with van der Waals surface area (Å²) < 4.78 is 11.3. The van der Waals surface area contributed by atoms with E-state index in [-0.39, 0.29) is 18.6 Å². The maximum Gasteiger partial charge on any atom is 0.251 e. The lowest BCUT2D eigenvalue weighted by atomic mass is 10.00. The Morgan fingerprint density at radius 1 is 1.17 bits per heavy atom. The number of hydrogen-bond acceptors (Lipinski definition) is 5. The van der Waals surface area contributed by atoms with Gasteiger partial charge in [-0.3, -0.25) is 9.69 Å². The van der Waals surface area contributed by atoms with Gasteiger partial charge in [0.15, 0.2) is 0 Å². The molecule has 0 aromatic heterocycles. The second-order valence-electron chi connectivity index (χ2n) is 8.08. The molecule has 0 saturated carbocycles. The number of carbonyl (C=O) groups excluding carboxylic acids is 1. The summed E-state index contributed by atoms with van der Waals surface area (Å²) in [6.45, 7) is 3.96. The third-order valence-corrected chi connectivity index (χ3v) is 5.74. The van der Waals surface area contributed by atoms with Crippen molar-refractivity contribution >= 4 is 5.91 Å². The van der Waals surface area contributed by atoms with Crippen LogP contribution in [0.3, 0.4) is 0 Å². The fourth-order valence-electron chi connectivity index (χ4n) is 4.08. The molecule has 6 heteroatoms. The topological polar surface area (TPSA) is 71.0 Å². The minimum absolute atomic E-state index is 0.133. The first-order valence-corrected chi connectivity index (χ1v) is 10.8. The summed E-state index contributed by atoms with van der Waals surface area (Å²) in [7, 11) is 0. The van der Waals surface area contributed by atoms with Crippen LogP contribution in [0.2, 0.25) is 0 Å². The molecule has 1 saturated heterocycles. The number of nitrogens with one attached hydrogen (secondary N) is 1. The van der Waals surface area contributed by atoms with Gasteiger partial charge in [0.25, 0.3) is 5.91 Å². The molecular formula is C24H30N2O4. The average molecular weight is 411 g/mol. The molecule has 0 spiro atoms. The average Bonchev–Trinajstić information content (AvgIpc) is 2.78. The van der Waals surface area contributed by atoms with Gasteiger partial charge < -0.3 is 19.9 Å². The number of carbonyl (C=O) groups is 1. The number of rotatable bonds is 7. The Bertz CT molecular complexity index is 851. The number of aliphatic hydroxyl groups is 1. The molecule has 160 valence electrons. The molecule has 0 aliphatic carbocycles. The number of benzene rings is 2. The first kappa shape index (κ1) is 20.8. The molecular weight excluding hydrogens is 380 g/mol. The third-order valence-electron chi connectivity index (χ3n) is 5.74. The van der Waals surface area contributed by atoms with Crippen molar-refractivity contribution in [3.05, 3.63) is 65.2 Å². The van der Waals surface area contributed by atoms with Crippen LogP contribution in [0.15, 0.2) is 48.5 Å². The second-order valence-corrected chi connectivity index (χ2v) is 8.08. The van der Waals surface area contributed by atoms with E-state index in [1.165, 1.54) is 11.1 Å². The zero-order chi connectivity index (χ0) is 20.8. The number of β-amino-alcohol motifs (C(OH)–C–C–N with tert-alkyl or cyclic N) is 1. The minimum atomic E-state index is -0.610. The molecule has 1 atom stereocenters. The molecule has 0 radical (unpaired) electrons. The maximum atomic E-state index is 12.5. The summed E-state index contributed by atoms with van der Waals surface area (Å²) in [6, 6.07) is 15.7. The molecule has 1 unspecified atom stereocenters. The number of ether oxygens (including phenoxy) is 2. The lowest BCUT2D eigenvalue weighted by Crippen LogP contribution is -2.42. The van der Waals surface area contributed by atoms with Crippen molar-refractivity contribution in [2.45, 2.75) is 38.0 Å². The highest BCUT2D eigenvalue weighted by Crippen LogP contribution is 2.20. The number of aliphatic hydroxyl groups excluding tert-OH is 1. The molecule has 6 nitrogen and oxygen atoms in total. The van der Waals surface area contributed by atoms with Crippen molar-refractivity contribution in [3.8, 4) is 5.75 Å². The Morgan fingerprint density at radius 3 is 2.80 bits per heavy atom. The lowest BCUT2D eigenvalue weighted by Gasteiger charge is -2.30. The van der Waals surface area contributed by atoms with Crippen LogP contribution >= 0.6 is 0 Å². The molecule has 2 aliphatic rings. The number of nitrogens with zero attached hydrogens (tertiary/aromatic N) is 1. The summed E-state index contributed by atoms with van der Waals surface area (Å²) in [5, 5.41) is 13.3. The predicted octanol–water partition coefficient (Wildman–Crippen LogP) is 2.39. The SMILES string of the molecule is O=C(NCC(O)CN1CCc2ccccc2C1)c1cccc(OC2CCOCC2)c1. The van der Waals surface area contributed by atoms with Gasteiger partial charge in [-0.2, -0.15) is 0 Å². The van der Waals surface area contributed by atoms with Crippen LogP contribution in [0.5, 0.6) is 5.75 Å². The van der Waals surface area contributed by atoms with E-state index in [2.05, 4.69) is 34.5 Å². The van der Waals surface area contributed by atoms with Gasteiger partial charge in [0.05, 0.1) is 19.3 Å². The fraction of sp³-hybridized carbons (Fsp3) is 0.458. The van der Waals surface area contributed by atoms with E-state index in [0.717, 1.165) is 32.4 Å². The van der Waals surface area contributed by atoms with Crippen molar-refractivity contribution < 1.29 is 19.4 Å². The van der Waals surface area contributed by atoms with E-state index in [4.69, 9.17) is 9.47 Å². The van der Waals surface area contributed by atoms with Crippen LogP contribution in [0.1, 0.15) is 34.3 Å². The molecule has 2 aromatic carbocycles. The largest absolute Gasteiger partial charge is 0.490 e. The van der Waals surface area contributed by atoms with Gasteiger partial charge in [-0.25, -0.2) is 0 Å². The highest BCUT2D eigenvalue weighted by atomic mass is 16.5. The van der Waals surface area contributed by atoms with E-state index < -0.39 is 6.10 Å². The monoisotopic (exact) mass is 410 g/mol. The molecule has 1 amide bonds. The molecule has 0 bridgehead atoms. The van der Waals surface area contributed by atoms with Crippen LogP contribution in [0.4, 0.5) is 0 Å². The smallest absolute Gasteiger partial charge is 0.251 e. The first-order chi connectivity index (χ1) is 14.7. The maximum absolute atomic E-state index is 12.5. The Balaban J connectivity index is 1.24. The molecule has 30 heavy (non-hydrogen) atoms. The molecule has 2 aromatic rings. The Labute approximate surface area is 177 Å². The van der Waals surface area contributed by atoms with Crippen LogP contribution in [0, 0.1) is 0 Å². The van der Waals surface area contributed by atoms with Crippen LogP contribution in [-0.2, 0) is 17.7 Å². The van der Waals surface area contributed by atoms with E-state index >= 15 is 0 Å². The fourth-order valence-corrected chi connectivity index (χ4v) is 4.08. The normalized spacial score (nSPS) is 18.4. The standard InChI is InChI=1S/C24H30N2O4/c27-21(17-26-11-8-18-4-1-2-5-20(18)16-26)15-25-24(28)19-6-3-7-23(14-19)30-22-9-12-29-13-10-22/h1-7,14,21-22,27H,8-13,15-17H2,(H,25,28). The highest BCUT2D eigenvalue weighted by Gasteiger charge is 2.19. The number of hydrogen-bond donors (Lipinski definition) is 2. The van der Waals surface area contributed by atoms with Gasteiger partial charge in [0.1, 0.15) is 11.9 Å². The second kappa shape index (κ2) is 10.1. The summed E-state index contributed by atoms with van der Waals surface area (Å²) in [4.78, 5) is 14.8. The van der Waals surface area contributed by atoms with Crippen molar-refractivity contribution in [1.29, 1.82) is 0 Å². The van der Waals surface area contributed by atoms with Gasteiger partial charge in [-0.15, -0.1) is 0 Å². The Morgan fingerprint density at radius 2 is 1.97 bits per heavy atom. The van der Waals surface area contributed by atoms with Gasteiger partial charge in [0, 0.05) is 44.6 Å². The molecule has 2 heterocycles. The van der Waals surface area contributed by atoms with E-state index in [1.54, 1.807) is 12.1 Å². The predicted molar refractivity (Wildman–Crippen MR) is 115 cm³/mol. The van der Waals surface area contributed by atoms with Crippen molar-refractivity contribution in [1.82, 2.24) is 10.2 Å². The lowest BCUT2D eigenvalue weighted by molar-refractivity contribution is 0.0255. The highest BCUT2D eigenvalue weighted by molar-refractivity contribution is 5.94. The van der Waals surface area contributed by atoms with Crippen LogP contribution in [0.25, 0.3) is 0 Å². The first-order valence-electron chi connectivity index (χ1n) is 10.8. The zero-order valence-corrected chi connectivity index (χ0v) is 17.3. The van der Waals surface area contributed by atoms with Gasteiger partial charge >= 0.3 is 0 Å². The summed E-state index contributed by atoms with van der Waals surface area (Å²) in [6.07, 6.45) is 2.25. The molecule has 2 N–H and O–H groups in total. The number of fused-ring (bicyclic) bond motifs is 1. The summed E-state index contributed by atoms with van der Waals surface area (Å²) >= 11 is 0. The molecule has 1 fully saturated rings. The van der Waals surface area contributed by atoms with E-state index in [9.17, 15) is 9.90 Å². The summed E-state index contributed by atoms with van der Waals surface area (Å²) in [5.41, 5.74) is 3.25. The van der Waals surface area contributed by atoms with E-state index in [0.29, 0.717) is 31.1 Å². The van der Waals surface area contributed by atoms with Crippen LogP contribution in [-0.4, -0.2) is 61.0 Å².